The normalized spacial score (nSPS) is 13.3. The van der Waals surface area contributed by atoms with Crippen LogP contribution in [0.15, 0.2) is 24.3 Å². The van der Waals surface area contributed by atoms with Crippen LogP contribution in [0.25, 0.3) is 0 Å². The Balaban J connectivity index is 1.54. The fourth-order valence-corrected chi connectivity index (χ4v) is 3.73. The molecule has 2 aromatic heterocycles. The number of hydrogen-bond acceptors (Lipinski definition) is 5. The summed E-state index contributed by atoms with van der Waals surface area (Å²) in [7, 11) is 0. The lowest BCUT2D eigenvalue weighted by Gasteiger charge is -2.08. The van der Waals surface area contributed by atoms with Crippen LogP contribution in [-0.2, 0) is 22.4 Å². The molecule has 2 aromatic rings. The van der Waals surface area contributed by atoms with Gasteiger partial charge < -0.3 is 10.1 Å². The van der Waals surface area contributed by atoms with Gasteiger partial charge >= 0.3 is 5.97 Å². The van der Waals surface area contributed by atoms with Gasteiger partial charge in [-0.2, -0.15) is 0 Å². The van der Waals surface area contributed by atoms with E-state index in [0.717, 1.165) is 18.5 Å². The molecule has 0 bridgehead atoms. The summed E-state index contributed by atoms with van der Waals surface area (Å²) in [5.74, 6) is -0.368. The molecule has 6 heteroatoms. The van der Waals surface area contributed by atoms with Gasteiger partial charge in [0.25, 0.3) is 5.91 Å². The van der Waals surface area contributed by atoms with Crippen LogP contribution in [0.2, 0.25) is 0 Å². The summed E-state index contributed by atoms with van der Waals surface area (Å²) < 4.78 is 5.10. The van der Waals surface area contributed by atoms with Crippen molar-refractivity contribution in [3.05, 3.63) is 45.3 Å². The first-order valence-electron chi connectivity index (χ1n) is 7.64. The van der Waals surface area contributed by atoms with Crippen molar-refractivity contribution in [3.8, 4) is 0 Å². The van der Waals surface area contributed by atoms with Crippen molar-refractivity contribution in [1.29, 1.82) is 0 Å². The van der Waals surface area contributed by atoms with Gasteiger partial charge in [0, 0.05) is 10.6 Å². The minimum Gasteiger partial charge on any atom is -0.451 e. The molecule has 0 unspecified atom stereocenters. The molecule has 0 saturated heterocycles. The van der Waals surface area contributed by atoms with E-state index >= 15 is 0 Å². The second-order valence-electron chi connectivity index (χ2n) is 5.55. The van der Waals surface area contributed by atoms with Crippen molar-refractivity contribution in [3.63, 3.8) is 0 Å². The van der Waals surface area contributed by atoms with E-state index in [2.05, 4.69) is 10.3 Å². The standard InChI is InChI=1S/C17H18N2O3S/c1-11-5-4-8-15(18-11)19-16(20)10-22-17(21)14-9-12-6-2-3-7-13(12)23-14/h4-5,8-9H,2-3,6-7,10H2,1H3,(H,18,19,20). The van der Waals surface area contributed by atoms with Crippen LogP contribution in [0, 0.1) is 6.92 Å². The molecule has 1 N–H and O–H groups in total. The molecule has 23 heavy (non-hydrogen) atoms. The monoisotopic (exact) mass is 330 g/mol. The zero-order valence-electron chi connectivity index (χ0n) is 12.9. The van der Waals surface area contributed by atoms with E-state index in [1.807, 2.05) is 19.1 Å². The summed E-state index contributed by atoms with van der Waals surface area (Å²) in [6.45, 7) is 1.53. The van der Waals surface area contributed by atoms with Crippen LogP contribution >= 0.6 is 11.3 Å². The van der Waals surface area contributed by atoms with Crippen LogP contribution in [0.4, 0.5) is 5.82 Å². The van der Waals surface area contributed by atoms with Gasteiger partial charge in [-0.3, -0.25) is 4.79 Å². The molecular weight excluding hydrogens is 312 g/mol. The zero-order chi connectivity index (χ0) is 16.2. The molecule has 0 fully saturated rings. The number of carbonyl (C=O) groups is 2. The molecule has 0 spiro atoms. The summed E-state index contributed by atoms with van der Waals surface area (Å²) >= 11 is 1.48. The lowest BCUT2D eigenvalue weighted by atomic mass is 9.99. The van der Waals surface area contributed by atoms with E-state index in [-0.39, 0.29) is 6.61 Å². The van der Waals surface area contributed by atoms with E-state index in [1.165, 1.54) is 34.6 Å². The summed E-state index contributed by atoms with van der Waals surface area (Å²) in [4.78, 5) is 29.9. The van der Waals surface area contributed by atoms with Gasteiger partial charge in [-0.15, -0.1) is 11.3 Å². The smallest absolute Gasteiger partial charge is 0.348 e. The number of carbonyl (C=O) groups excluding carboxylic acids is 2. The zero-order valence-corrected chi connectivity index (χ0v) is 13.7. The van der Waals surface area contributed by atoms with Crippen molar-refractivity contribution in [2.75, 3.05) is 11.9 Å². The first-order chi connectivity index (χ1) is 11.1. The van der Waals surface area contributed by atoms with E-state index in [1.54, 1.807) is 12.1 Å². The quantitative estimate of drug-likeness (QED) is 0.875. The first-order valence-corrected chi connectivity index (χ1v) is 8.46. The summed E-state index contributed by atoms with van der Waals surface area (Å²) in [5.41, 5.74) is 2.06. The van der Waals surface area contributed by atoms with Gasteiger partial charge in [0.2, 0.25) is 0 Å². The highest BCUT2D eigenvalue weighted by Gasteiger charge is 2.19. The molecular formula is C17H18N2O3S. The van der Waals surface area contributed by atoms with Gasteiger partial charge in [-0.25, -0.2) is 9.78 Å². The number of nitrogens with zero attached hydrogens (tertiary/aromatic N) is 1. The van der Waals surface area contributed by atoms with Crippen molar-refractivity contribution in [1.82, 2.24) is 4.98 Å². The summed E-state index contributed by atoms with van der Waals surface area (Å²) in [6, 6.07) is 7.25. The van der Waals surface area contributed by atoms with Crippen molar-refractivity contribution in [2.45, 2.75) is 32.6 Å². The largest absolute Gasteiger partial charge is 0.451 e. The molecule has 0 radical (unpaired) electrons. The molecule has 0 atom stereocenters. The number of hydrogen-bond donors (Lipinski definition) is 1. The van der Waals surface area contributed by atoms with E-state index in [9.17, 15) is 9.59 Å². The third-order valence-corrected chi connectivity index (χ3v) is 4.91. The Morgan fingerprint density at radius 2 is 2.13 bits per heavy atom. The molecule has 0 aromatic carbocycles. The number of esters is 1. The molecule has 3 rings (SSSR count). The number of aryl methyl sites for hydroxylation is 3. The predicted molar refractivity (Wildman–Crippen MR) is 88.8 cm³/mol. The lowest BCUT2D eigenvalue weighted by molar-refractivity contribution is -0.119. The average molecular weight is 330 g/mol. The Kier molecular flexibility index (Phi) is 4.71. The van der Waals surface area contributed by atoms with Gasteiger partial charge in [-0.1, -0.05) is 6.07 Å². The topological polar surface area (TPSA) is 68.3 Å². The van der Waals surface area contributed by atoms with Crippen LogP contribution in [-0.4, -0.2) is 23.5 Å². The fraction of sp³-hybridized carbons (Fsp3) is 0.353. The molecule has 1 aliphatic carbocycles. The van der Waals surface area contributed by atoms with Crippen molar-refractivity contribution in [2.24, 2.45) is 0 Å². The number of thiophene rings is 1. The summed E-state index contributed by atoms with van der Waals surface area (Å²) in [6.07, 6.45) is 4.41. The molecule has 0 aliphatic heterocycles. The molecule has 0 saturated carbocycles. The summed E-state index contributed by atoms with van der Waals surface area (Å²) in [5, 5.41) is 2.61. The minimum absolute atomic E-state index is 0.309. The SMILES string of the molecule is Cc1cccc(NC(=O)COC(=O)c2cc3c(s2)CCCC3)n1. The highest BCUT2D eigenvalue weighted by atomic mass is 32.1. The highest BCUT2D eigenvalue weighted by molar-refractivity contribution is 7.14. The van der Waals surface area contributed by atoms with Gasteiger partial charge in [-0.05, 0) is 56.4 Å². The van der Waals surface area contributed by atoms with Crippen molar-refractivity contribution < 1.29 is 14.3 Å². The second-order valence-corrected chi connectivity index (χ2v) is 6.69. The molecule has 5 nitrogen and oxygen atoms in total. The van der Waals surface area contributed by atoms with Gasteiger partial charge in [0.05, 0.1) is 0 Å². The van der Waals surface area contributed by atoms with Crippen LogP contribution in [0.1, 0.15) is 38.6 Å². The number of fused-ring (bicyclic) bond motifs is 1. The number of rotatable bonds is 4. The third-order valence-electron chi connectivity index (χ3n) is 3.69. The second kappa shape index (κ2) is 6.91. The Bertz CT molecular complexity index is 716. The maximum Gasteiger partial charge on any atom is 0.348 e. The number of pyridine rings is 1. The Morgan fingerprint density at radius 1 is 1.30 bits per heavy atom. The highest BCUT2D eigenvalue weighted by Crippen LogP contribution is 2.29. The van der Waals surface area contributed by atoms with E-state index in [0.29, 0.717) is 10.7 Å². The fourth-order valence-electron chi connectivity index (χ4n) is 2.59. The Labute approximate surface area is 138 Å². The number of anilines is 1. The van der Waals surface area contributed by atoms with Crippen molar-refractivity contribution >= 4 is 29.0 Å². The maximum absolute atomic E-state index is 12.1. The average Bonchev–Trinajstić information content (AvgIpc) is 2.97. The Morgan fingerprint density at radius 3 is 2.91 bits per heavy atom. The number of amides is 1. The van der Waals surface area contributed by atoms with Crippen LogP contribution < -0.4 is 5.32 Å². The molecule has 1 aliphatic rings. The number of aromatic nitrogens is 1. The van der Waals surface area contributed by atoms with E-state index < -0.39 is 11.9 Å². The Hall–Kier alpha value is -2.21. The molecule has 120 valence electrons. The van der Waals surface area contributed by atoms with Gasteiger partial charge in [0.15, 0.2) is 6.61 Å². The van der Waals surface area contributed by atoms with Gasteiger partial charge in [0.1, 0.15) is 10.7 Å². The third kappa shape index (κ3) is 3.96. The van der Waals surface area contributed by atoms with Crippen LogP contribution in [0.3, 0.4) is 0 Å². The maximum atomic E-state index is 12.1. The lowest BCUT2D eigenvalue weighted by Crippen LogP contribution is -2.21. The predicted octanol–water partition coefficient (Wildman–Crippen LogP) is 3.13. The van der Waals surface area contributed by atoms with Crippen LogP contribution in [0.5, 0.6) is 0 Å². The first kappa shape index (κ1) is 15.7. The minimum atomic E-state index is -0.434. The molecule has 1 amide bonds. The molecule has 2 heterocycles. The number of nitrogens with one attached hydrogen (secondary N) is 1. The van der Waals surface area contributed by atoms with E-state index in [4.69, 9.17) is 4.74 Å². The number of ether oxygens (including phenoxy) is 1.